The van der Waals surface area contributed by atoms with Gasteiger partial charge < -0.3 is 4.98 Å². The van der Waals surface area contributed by atoms with Crippen LogP contribution < -0.4 is 0 Å². The number of H-pyrrole nitrogens is 1. The Hall–Kier alpha value is -3.10. The van der Waals surface area contributed by atoms with Crippen LogP contribution in [0.1, 0.15) is 0 Å². The predicted molar refractivity (Wildman–Crippen MR) is 114 cm³/mol. The molecule has 2 heterocycles. The van der Waals surface area contributed by atoms with Crippen LogP contribution >= 0.6 is 11.3 Å². The van der Waals surface area contributed by atoms with Gasteiger partial charge >= 0.3 is 0 Å². The van der Waals surface area contributed by atoms with Crippen molar-refractivity contribution in [2.75, 3.05) is 0 Å². The van der Waals surface area contributed by atoms with E-state index in [2.05, 4.69) is 89.9 Å². The smallest absolute Gasteiger partial charge is 0.0544 e. The van der Waals surface area contributed by atoms with Crippen LogP contribution in [-0.4, -0.2) is 4.98 Å². The Morgan fingerprint density at radius 2 is 1.35 bits per heavy atom. The second-order valence-corrected chi connectivity index (χ2v) is 7.79. The SMILES string of the molecule is c1ccc2c(c1)[nH]c1c(-c3ccc4sc5ccccc5c4c3)cccc12. The van der Waals surface area contributed by atoms with Crippen LogP contribution in [0.3, 0.4) is 0 Å². The first-order valence-electron chi connectivity index (χ1n) is 8.79. The van der Waals surface area contributed by atoms with Crippen molar-refractivity contribution in [1.29, 1.82) is 0 Å². The molecule has 0 saturated heterocycles. The van der Waals surface area contributed by atoms with Gasteiger partial charge in [-0.25, -0.2) is 0 Å². The van der Waals surface area contributed by atoms with Gasteiger partial charge in [0.1, 0.15) is 0 Å². The third kappa shape index (κ3) is 1.91. The molecule has 122 valence electrons. The largest absolute Gasteiger partial charge is 0.354 e. The van der Waals surface area contributed by atoms with Gasteiger partial charge in [0.05, 0.1) is 5.52 Å². The second-order valence-electron chi connectivity index (χ2n) is 6.71. The van der Waals surface area contributed by atoms with Gasteiger partial charge in [-0.2, -0.15) is 0 Å². The van der Waals surface area contributed by atoms with Gasteiger partial charge in [0.15, 0.2) is 0 Å². The molecule has 4 aromatic carbocycles. The van der Waals surface area contributed by atoms with Gasteiger partial charge in [-0.15, -0.1) is 11.3 Å². The van der Waals surface area contributed by atoms with Crippen LogP contribution in [-0.2, 0) is 0 Å². The summed E-state index contributed by atoms with van der Waals surface area (Å²) in [5.41, 5.74) is 4.93. The zero-order chi connectivity index (χ0) is 17.1. The number of aromatic amines is 1. The lowest BCUT2D eigenvalue weighted by molar-refractivity contribution is 1.54. The van der Waals surface area contributed by atoms with Crippen LogP contribution in [0.4, 0.5) is 0 Å². The number of hydrogen-bond acceptors (Lipinski definition) is 1. The highest BCUT2D eigenvalue weighted by molar-refractivity contribution is 7.25. The van der Waals surface area contributed by atoms with E-state index < -0.39 is 0 Å². The number of aromatic nitrogens is 1. The molecule has 1 nitrogen and oxygen atoms in total. The number of fused-ring (bicyclic) bond motifs is 6. The Balaban J connectivity index is 1.68. The summed E-state index contributed by atoms with van der Waals surface area (Å²) >= 11 is 1.87. The highest BCUT2D eigenvalue weighted by Gasteiger charge is 2.11. The first-order chi connectivity index (χ1) is 12.9. The first-order valence-corrected chi connectivity index (χ1v) is 9.61. The monoisotopic (exact) mass is 349 g/mol. The van der Waals surface area contributed by atoms with Crippen LogP contribution in [0.15, 0.2) is 84.9 Å². The molecule has 26 heavy (non-hydrogen) atoms. The average molecular weight is 349 g/mol. The van der Waals surface area contributed by atoms with Crippen molar-refractivity contribution in [1.82, 2.24) is 4.98 Å². The van der Waals surface area contributed by atoms with Gasteiger partial charge in [-0.3, -0.25) is 0 Å². The molecule has 6 rings (SSSR count). The maximum atomic E-state index is 3.63. The van der Waals surface area contributed by atoms with E-state index in [9.17, 15) is 0 Å². The molecular formula is C24H15NS. The van der Waals surface area contributed by atoms with Crippen LogP contribution in [0.25, 0.3) is 53.1 Å². The van der Waals surface area contributed by atoms with Crippen molar-refractivity contribution in [2.24, 2.45) is 0 Å². The molecule has 0 aliphatic carbocycles. The zero-order valence-electron chi connectivity index (χ0n) is 14.0. The number of nitrogens with one attached hydrogen (secondary N) is 1. The maximum Gasteiger partial charge on any atom is 0.0544 e. The van der Waals surface area contributed by atoms with E-state index in [4.69, 9.17) is 0 Å². The third-order valence-electron chi connectivity index (χ3n) is 5.23. The average Bonchev–Trinajstić information content (AvgIpc) is 3.25. The molecule has 0 aliphatic heterocycles. The molecule has 0 amide bonds. The molecule has 0 radical (unpaired) electrons. The molecule has 0 fully saturated rings. The fourth-order valence-electron chi connectivity index (χ4n) is 4.01. The molecule has 0 atom stereocenters. The van der Waals surface area contributed by atoms with Crippen molar-refractivity contribution in [3.8, 4) is 11.1 Å². The van der Waals surface area contributed by atoms with Crippen molar-refractivity contribution >= 4 is 53.3 Å². The second kappa shape index (κ2) is 5.20. The maximum absolute atomic E-state index is 3.63. The van der Waals surface area contributed by atoms with E-state index in [0.29, 0.717) is 0 Å². The topological polar surface area (TPSA) is 15.8 Å². The molecule has 0 bridgehead atoms. The Morgan fingerprint density at radius 3 is 2.31 bits per heavy atom. The molecule has 0 unspecified atom stereocenters. The summed E-state index contributed by atoms with van der Waals surface area (Å²) in [6, 6.07) is 30.6. The summed E-state index contributed by atoms with van der Waals surface area (Å²) in [5.74, 6) is 0. The summed E-state index contributed by atoms with van der Waals surface area (Å²) in [7, 11) is 0. The van der Waals surface area contributed by atoms with Crippen molar-refractivity contribution in [2.45, 2.75) is 0 Å². The molecule has 6 aromatic rings. The summed E-state index contributed by atoms with van der Waals surface area (Å²) in [6.07, 6.45) is 0. The van der Waals surface area contributed by atoms with Gasteiger partial charge in [0.25, 0.3) is 0 Å². The van der Waals surface area contributed by atoms with Gasteiger partial charge in [0, 0.05) is 42.0 Å². The molecule has 0 saturated carbocycles. The Kier molecular flexibility index (Phi) is 2.82. The highest BCUT2D eigenvalue weighted by atomic mass is 32.1. The van der Waals surface area contributed by atoms with Crippen molar-refractivity contribution < 1.29 is 0 Å². The number of hydrogen-bond donors (Lipinski definition) is 1. The lowest BCUT2D eigenvalue weighted by Crippen LogP contribution is -1.80. The van der Waals surface area contributed by atoms with Crippen molar-refractivity contribution in [3.63, 3.8) is 0 Å². The Bertz CT molecular complexity index is 1430. The van der Waals surface area contributed by atoms with Crippen LogP contribution in [0, 0.1) is 0 Å². The Morgan fingerprint density at radius 1 is 0.577 bits per heavy atom. The summed E-state index contributed by atoms with van der Waals surface area (Å²) in [5, 5.41) is 5.26. The van der Waals surface area contributed by atoms with Crippen LogP contribution in [0.5, 0.6) is 0 Å². The molecule has 1 N–H and O–H groups in total. The van der Waals surface area contributed by atoms with Crippen molar-refractivity contribution in [3.05, 3.63) is 84.9 Å². The first kappa shape index (κ1) is 14.1. The predicted octanol–water partition coefficient (Wildman–Crippen LogP) is 7.36. The number of rotatable bonds is 1. The lowest BCUT2D eigenvalue weighted by atomic mass is 10.00. The highest BCUT2D eigenvalue weighted by Crippen LogP contribution is 2.38. The van der Waals surface area contributed by atoms with E-state index in [-0.39, 0.29) is 0 Å². The third-order valence-corrected chi connectivity index (χ3v) is 6.38. The standard InChI is InChI=1S/C24H15NS/c1-3-10-21-17(6-1)19-9-5-8-16(24(19)25-21)15-12-13-23-20(14-15)18-7-2-4-11-22(18)26-23/h1-14,25H. The summed E-state index contributed by atoms with van der Waals surface area (Å²) < 4.78 is 2.70. The molecule has 2 heteroatoms. The molecule has 0 spiro atoms. The minimum atomic E-state index is 1.19. The fraction of sp³-hybridized carbons (Fsp3) is 0. The van der Waals surface area contributed by atoms with E-state index in [1.54, 1.807) is 0 Å². The van der Waals surface area contributed by atoms with Gasteiger partial charge in [-0.1, -0.05) is 60.7 Å². The number of para-hydroxylation sites is 2. The molecule has 2 aromatic heterocycles. The minimum absolute atomic E-state index is 1.19. The van der Waals surface area contributed by atoms with E-state index in [1.807, 2.05) is 11.3 Å². The number of thiophene rings is 1. The zero-order valence-corrected chi connectivity index (χ0v) is 14.8. The molecular weight excluding hydrogens is 334 g/mol. The minimum Gasteiger partial charge on any atom is -0.354 e. The molecule has 0 aliphatic rings. The number of benzene rings is 4. The van der Waals surface area contributed by atoms with Gasteiger partial charge in [-0.05, 0) is 29.8 Å². The van der Waals surface area contributed by atoms with Gasteiger partial charge in [0.2, 0.25) is 0 Å². The van der Waals surface area contributed by atoms with Crippen LogP contribution in [0.2, 0.25) is 0 Å². The normalized spacial score (nSPS) is 11.8. The summed E-state index contributed by atoms with van der Waals surface area (Å²) in [6.45, 7) is 0. The summed E-state index contributed by atoms with van der Waals surface area (Å²) in [4.78, 5) is 3.63. The Labute approximate surface area is 154 Å². The lowest BCUT2D eigenvalue weighted by Gasteiger charge is -2.04. The van der Waals surface area contributed by atoms with E-state index in [0.717, 1.165) is 0 Å². The quantitative estimate of drug-likeness (QED) is 0.319. The fourth-order valence-corrected chi connectivity index (χ4v) is 5.09. The van der Waals surface area contributed by atoms with E-state index >= 15 is 0 Å². The van der Waals surface area contributed by atoms with E-state index in [1.165, 1.54) is 53.1 Å².